The summed E-state index contributed by atoms with van der Waals surface area (Å²) < 4.78 is 1.51. The van der Waals surface area contributed by atoms with Gasteiger partial charge in [0.2, 0.25) is 0 Å². The van der Waals surface area contributed by atoms with Gasteiger partial charge in [-0.1, -0.05) is 30.3 Å². The van der Waals surface area contributed by atoms with Crippen molar-refractivity contribution in [3.8, 4) is 0 Å². The van der Waals surface area contributed by atoms with E-state index in [1.54, 1.807) is 26.6 Å². The molecule has 5 nitrogen and oxygen atoms in total. The maximum absolute atomic E-state index is 11.9. The van der Waals surface area contributed by atoms with Gasteiger partial charge < -0.3 is 9.88 Å². The van der Waals surface area contributed by atoms with E-state index in [2.05, 4.69) is 46.4 Å². The van der Waals surface area contributed by atoms with Crippen molar-refractivity contribution < 1.29 is 4.79 Å². The molecule has 2 heterocycles. The van der Waals surface area contributed by atoms with Crippen molar-refractivity contribution >= 4 is 27.8 Å². The lowest BCUT2D eigenvalue weighted by molar-refractivity contribution is 0.219. The van der Waals surface area contributed by atoms with Gasteiger partial charge >= 0.3 is 6.03 Å². The number of para-hydroxylation sites is 1. The van der Waals surface area contributed by atoms with Gasteiger partial charge in [0.05, 0.1) is 5.69 Å². The monoisotopic (exact) mass is 318 g/mol. The molecule has 0 atom stereocenters. The standard InChI is InChI=1S/C19H18N4O/c1-22(2)19(24)23-11-14(20-12-23)9-13-7-8-16-15-5-3-4-6-17(15)21-18(16)10-13/h3-8,10-12,21H,9H2,1-2H3. The number of hydrogen-bond acceptors (Lipinski definition) is 2. The third-order valence-corrected chi connectivity index (χ3v) is 4.20. The molecule has 5 heteroatoms. The molecule has 0 saturated heterocycles. The molecule has 0 aliphatic rings. The van der Waals surface area contributed by atoms with Crippen LogP contribution in [0, 0.1) is 0 Å². The predicted molar refractivity (Wildman–Crippen MR) is 95.3 cm³/mol. The average Bonchev–Trinajstić information content (AvgIpc) is 3.17. The minimum atomic E-state index is -0.0974. The number of nitrogens with zero attached hydrogens (tertiary/aromatic N) is 3. The molecule has 4 rings (SSSR count). The Morgan fingerprint density at radius 2 is 1.92 bits per heavy atom. The van der Waals surface area contributed by atoms with Gasteiger partial charge in [-0.15, -0.1) is 0 Å². The molecule has 0 aliphatic carbocycles. The van der Waals surface area contributed by atoms with Gasteiger partial charge in [0.1, 0.15) is 6.33 Å². The number of fused-ring (bicyclic) bond motifs is 3. The summed E-state index contributed by atoms with van der Waals surface area (Å²) >= 11 is 0. The van der Waals surface area contributed by atoms with Crippen LogP contribution in [0.4, 0.5) is 4.79 Å². The van der Waals surface area contributed by atoms with E-state index >= 15 is 0 Å². The zero-order valence-corrected chi connectivity index (χ0v) is 13.7. The van der Waals surface area contributed by atoms with Crippen LogP contribution in [-0.2, 0) is 6.42 Å². The molecule has 1 N–H and O–H groups in total. The molecule has 2 aromatic carbocycles. The summed E-state index contributed by atoms with van der Waals surface area (Å²) in [5.74, 6) is 0. The highest BCUT2D eigenvalue weighted by Gasteiger charge is 2.10. The first-order valence-electron chi connectivity index (χ1n) is 7.86. The molecule has 0 saturated carbocycles. The van der Waals surface area contributed by atoms with Crippen LogP contribution in [0.15, 0.2) is 55.0 Å². The van der Waals surface area contributed by atoms with E-state index in [-0.39, 0.29) is 6.03 Å². The average molecular weight is 318 g/mol. The van der Waals surface area contributed by atoms with Gasteiger partial charge in [0.15, 0.2) is 0 Å². The Bertz CT molecular complexity index is 1040. The molecule has 0 bridgehead atoms. The number of hydrogen-bond donors (Lipinski definition) is 1. The number of benzene rings is 2. The van der Waals surface area contributed by atoms with Crippen molar-refractivity contribution in [3.05, 3.63) is 66.2 Å². The van der Waals surface area contributed by atoms with Gasteiger partial charge in [-0.3, -0.25) is 4.57 Å². The van der Waals surface area contributed by atoms with E-state index < -0.39 is 0 Å². The van der Waals surface area contributed by atoms with Crippen molar-refractivity contribution in [1.82, 2.24) is 19.4 Å². The number of rotatable bonds is 2. The third kappa shape index (κ3) is 2.44. The van der Waals surface area contributed by atoms with E-state index in [0.29, 0.717) is 6.42 Å². The largest absolute Gasteiger partial charge is 0.355 e. The molecule has 24 heavy (non-hydrogen) atoms. The smallest absolute Gasteiger partial charge is 0.328 e. The van der Waals surface area contributed by atoms with Gasteiger partial charge in [0, 0.05) is 48.5 Å². The fraction of sp³-hybridized carbons (Fsp3) is 0.158. The molecule has 0 unspecified atom stereocenters. The first kappa shape index (κ1) is 14.5. The Balaban J connectivity index is 1.65. The van der Waals surface area contributed by atoms with E-state index in [4.69, 9.17) is 0 Å². The summed E-state index contributed by atoms with van der Waals surface area (Å²) in [6.45, 7) is 0. The highest BCUT2D eigenvalue weighted by atomic mass is 16.2. The molecule has 4 aromatic rings. The van der Waals surface area contributed by atoms with E-state index in [9.17, 15) is 4.79 Å². The van der Waals surface area contributed by atoms with Crippen LogP contribution in [-0.4, -0.2) is 39.6 Å². The summed E-state index contributed by atoms with van der Waals surface area (Å²) in [4.78, 5) is 21.3. The fourth-order valence-electron chi connectivity index (χ4n) is 3.01. The van der Waals surface area contributed by atoms with Gasteiger partial charge in [-0.25, -0.2) is 9.78 Å². The molecular formula is C19H18N4O. The van der Waals surface area contributed by atoms with E-state index in [0.717, 1.165) is 22.3 Å². The number of nitrogens with one attached hydrogen (secondary N) is 1. The zero-order chi connectivity index (χ0) is 16.7. The van der Waals surface area contributed by atoms with Crippen molar-refractivity contribution in [2.75, 3.05) is 14.1 Å². The first-order chi connectivity index (χ1) is 11.6. The highest BCUT2D eigenvalue weighted by Crippen LogP contribution is 2.26. The lowest BCUT2D eigenvalue weighted by Crippen LogP contribution is -2.26. The number of aromatic nitrogens is 3. The fourth-order valence-corrected chi connectivity index (χ4v) is 3.01. The summed E-state index contributed by atoms with van der Waals surface area (Å²) in [5, 5.41) is 2.46. The highest BCUT2D eigenvalue weighted by molar-refractivity contribution is 6.07. The summed E-state index contributed by atoms with van der Waals surface area (Å²) in [5.41, 5.74) is 4.31. The minimum absolute atomic E-state index is 0.0974. The minimum Gasteiger partial charge on any atom is -0.355 e. The number of amides is 1. The molecule has 0 radical (unpaired) electrons. The van der Waals surface area contributed by atoms with Crippen LogP contribution < -0.4 is 0 Å². The Morgan fingerprint density at radius 1 is 1.12 bits per heavy atom. The van der Waals surface area contributed by atoms with E-state index in [1.165, 1.54) is 20.2 Å². The molecule has 2 aromatic heterocycles. The quantitative estimate of drug-likeness (QED) is 0.613. The van der Waals surface area contributed by atoms with Crippen LogP contribution >= 0.6 is 0 Å². The van der Waals surface area contributed by atoms with E-state index in [1.807, 2.05) is 6.07 Å². The number of imidazole rings is 1. The third-order valence-electron chi connectivity index (χ3n) is 4.20. The molecule has 0 fully saturated rings. The predicted octanol–water partition coefficient (Wildman–Crippen LogP) is 3.64. The summed E-state index contributed by atoms with van der Waals surface area (Å²) in [6, 6.07) is 14.6. The Kier molecular flexibility index (Phi) is 3.34. The van der Waals surface area contributed by atoms with Crippen LogP contribution in [0.5, 0.6) is 0 Å². The van der Waals surface area contributed by atoms with Crippen molar-refractivity contribution in [1.29, 1.82) is 0 Å². The second-order valence-electron chi connectivity index (χ2n) is 6.18. The van der Waals surface area contributed by atoms with Crippen LogP contribution in [0.3, 0.4) is 0 Å². The number of aromatic amines is 1. The molecule has 1 amide bonds. The first-order valence-corrected chi connectivity index (χ1v) is 7.86. The Labute approximate surface area is 139 Å². The second-order valence-corrected chi connectivity index (χ2v) is 6.18. The van der Waals surface area contributed by atoms with Crippen LogP contribution in [0.2, 0.25) is 0 Å². The molecule has 120 valence electrons. The number of carbonyl (C=O) groups excluding carboxylic acids is 1. The second kappa shape index (κ2) is 5.53. The number of H-pyrrole nitrogens is 1. The lowest BCUT2D eigenvalue weighted by Gasteiger charge is -2.09. The molecule has 0 aliphatic heterocycles. The van der Waals surface area contributed by atoms with Crippen molar-refractivity contribution in [3.63, 3.8) is 0 Å². The number of carbonyl (C=O) groups is 1. The zero-order valence-electron chi connectivity index (χ0n) is 13.7. The Hall–Kier alpha value is -3.08. The van der Waals surface area contributed by atoms with Crippen LogP contribution in [0.1, 0.15) is 11.3 Å². The summed E-state index contributed by atoms with van der Waals surface area (Å²) in [7, 11) is 3.46. The maximum atomic E-state index is 11.9. The van der Waals surface area contributed by atoms with Gasteiger partial charge in [-0.05, 0) is 17.7 Å². The van der Waals surface area contributed by atoms with Gasteiger partial charge in [-0.2, -0.15) is 0 Å². The topological polar surface area (TPSA) is 53.9 Å². The maximum Gasteiger partial charge on any atom is 0.328 e. The SMILES string of the molecule is CN(C)C(=O)n1cnc(Cc2ccc3c(c2)[nH]c2ccccc23)c1. The normalized spacial score (nSPS) is 11.2. The van der Waals surface area contributed by atoms with Gasteiger partial charge in [0.25, 0.3) is 0 Å². The van der Waals surface area contributed by atoms with Crippen LogP contribution in [0.25, 0.3) is 21.8 Å². The Morgan fingerprint density at radius 3 is 2.75 bits per heavy atom. The lowest BCUT2D eigenvalue weighted by atomic mass is 10.1. The van der Waals surface area contributed by atoms with Crippen molar-refractivity contribution in [2.24, 2.45) is 0 Å². The summed E-state index contributed by atoms with van der Waals surface area (Å²) in [6.07, 6.45) is 4.05. The molecule has 0 spiro atoms. The van der Waals surface area contributed by atoms with Crippen molar-refractivity contribution in [2.45, 2.75) is 6.42 Å². The molecular weight excluding hydrogens is 300 g/mol.